The van der Waals surface area contributed by atoms with Crippen LogP contribution in [0.3, 0.4) is 0 Å². The van der Waals surface area contributed by atoms with Gasteiger partial charge < -0.3 is 0 Å². The first-order chi connectivity index (χ1) is 11.7. The Kier molecular flexibility index (Phi) is 5.87. The molecule has 1 aromatic carbocycles. The van der Waals surface area contributed by atoms with Gasteiger partial charge in [0, 0.05) is 47.6 Å². The summed E-state index contributed by atoms with van der Waals surface area (Å²) < 4.78 is 0. The Morgan fingerprint density at radius 3 is 2.88 bits per heavy atom. The number of carbonyl (C=O) groups excluding carboxylic acids is 1. The van der Waals surface area contributed by atoms with Gasteiger partial charge in [-0.25, -0.2) is 9.97 Å². The molecule has 0 bridgehead atoms. The standard InChI is InChI=1S/C18H20ClN3OS/c1-24-18-20-9-13(10-21-18)11-22-7-3-5-15(12-22)17(23)14-4-2-6-16(19)8-14/h2,4,6,8-10,15H,3,5,7,11-12H2,1H3/t15-/m0/s1. The fourth-order valence-electron chi connectivity index (χ4n) is 3.08. The molecule has 0 radical (unpaired) electrons. The summed E-state index contributed by atoms with van der Waals surface area (Å²) in [7, 11) is 0. The average molecular weight is 362 g/mol. The molecule has 6 heteroatoms. The van der Waals surface area contributed by atoms with Crippen LogP contribution in [0.4, 0.5) is 0 Å². The van der Waals surface area contributed by atoms with Gasteiger partial charge in [0.15, 0.2) is 10.9 Å². The first-order valence-electron chi connectivity index (χ1n) is 8.03. The Morgan fingerprint density at radius 2 is 2.17 bits per heavy atom. The number of ketones is 1. The predicted octanol–water partition coefficient (Wildman–Crippen LogP) is 3.95. The van der Waals surface area contributed by atoms with Gasteiger partial charge in [-0.05, 0) is 37.8 Å². The number of hydrogen-bond acceptors (Lipinski definition) is 5. The van der Waals surface area contributed by atoms with Crippen molar-refractivity contribution < 1.29 is 4.79 Å². The second kappa shape index (κ2) is 8.10. The van der Waals surface area contributed by atoms with Gasteiger partial charge in [0.2, 0.25) is 0 Å². The molecule has 24 heavy (non-hydrogen) atoms. The fourth-order valence-corrected chi connectivity index (χ4v) is 3.59. The van der Waals surface area contributed by atoms with E-state index in [2.05, 4.69) is 14.9 Å². The third-order valence-electron chi connectivity index (χ3n) is 4.26. The molecule has 1 aliphatic heterocycles. The zero-order valence-electron chi connectivity index (χ0n) is 13.6. The zero-order chi connectivity index (χ0) is 16.9. The molecule has 0 aliphatic carbocycles. The molecule has 1 fully saturated rings. The monoisotopic (exact) mass is 361 g/mol. The van der Waals surface area contributed by atoms with Crippen LogP contribution in [-0.2, 0) is 6.54 Å². The molecular weight excluding hydrogens is 342 g/mol. The number of hydrogen-bond donors (Lipinski definition) is 0. The molecule has 2 heterocycles. The Labute approximate surface area is 151 Å². The van der Waals surface area contributed by atoms with Crippen LogP contribution in [0, 0.1) is 5.92 Å². The topological polar surface area (TPSA) is 46.1 Å². The van der Waals surface area contributed by atoms with Crippen LogP contribution >= 0.6 is 23.4 Å². The Bertz CT molecular complexity index is 708. The summed E-state index contributed by atoms with van der Waals surface area (Å²) in [6.07, 6.45) is 7.68. The quantitative estimate of drug-likeness (QED) is 0.458. The van der Waals surface area contributed by atoms with Crippen molar-refractivity contribution in [1.29, 1.82) is 0 Å². The molecule has 0 saturated carbocycles. The summed E-state index contributed by atoms with van der Waals surface area (Å²) in [6, 6.07) is 7.24. The maximum Gasteiger partial charge on any atom is 0.187 e. The molecular formula is C18H20ClN3OS. The summed E-state index contributed by atoms with van der Waals surface area (Å²) in [4.78, 5) is 23.7. The zero-order valence-corrected chi connectivity index (χ0v) is 15.2. The molecule has 0 spiro atoms. The lowest BCUT2D eigenvalue weighted by molar-refractivity contribution is 0.0811. The molecule has 0 amide bonds. The van der Waals surface area contributed by atoms with E-state index < -0.39 is 0 Å². The van der Waals surface area contributed by atoms with E-state index in [9.17, 15) is 4.79 Å². The van der Waals surface area contributed by atoms with Gasteiger partial charge in [-0.2, -0.15) is 0 Å². The van der Waals surface area contributed by atoms with Crippen LogP contribution < -0.4 is 0 Å². The Hall–Kier alpha value is -1.43. The highest BCUT2D eigenvalue weighted by Gasteiger charge is 2.26. The minimum absolute atomic E-state index is 0.0311. The highest BCUT2D eigenvalue weighted by Crippen LogP contribution is 2.23. The number of benzene rings is 1. The number of nitrogens with zero attached hydrogens (tertiary/aromatic N) is 3. The van der Waals surface area contributed by atoms with Gasteiger partial charge in [0.1, 0.15) is 0 Å². The summed E-state index contributed by atoms with van der Waals surface area (Å²) in [5, 5.41) is 1.39. The number of carbonyl (C=O) groups is 1. The normalized spacial score (nSPS) is 18.5. The molecule has 3 rings (SSSR count). The SMILES string of the molecule is CSc1ncc(CN2CCC[C@H](C(=O)c3cccc(Cl)c3)C2)cn1. The summed E-state index contributed by atoms with van der Waals surface area (Å²) in [5.74, 6) is 0.222. The fraction of sp³-hybridized carbons (Fsp3) is 0.389. The van der Waals surface area contributed by atoms with E-state index in [-0.39, 0.29) is 11.7 Å². The molecule has 126 valence electrons. The van der Waals surface area contributed by atoms with Crippen molar-refractivity contribution in [2.24, 2.45) is 5.92 Å². The molecule has 2 aromatic rings. The van der Waals surface area contributed by atoms with Gasteiger partial charge >= 0.3 is 0 Å². The third-order valence-corrected chi connectivity index (χ3v) is 5.07. The maximum absolute atomic E-state index is 12.7. The second-order valence-corrected chi connectivity index (χ2v) is 7.24. The van der Waals surface area contributed by atoms with Crippen molar-refractivity contribution in [2.75, 3.05) is 19.3 Å². The summed E-state index contributed by atoms with van der Waals surface area (Å²) in [5.41, 5.74) is 1.80. The van der Waals surface area contributed by atoms with E-state index in [1.54, 1.807) is 12.1 Å². The molecule has 1 saturated heterocycles. The van der Waals surface area contributed by atoms with Crippen molar-refractivity contribution in [3.8, 4) is 0 Å². The summed E-state index contributed by atoms with van der Waals surface area (Å²) in [6.45, 7) is 2.56. The Morgan fingerprint density at radius 1 is 1.38 bits per heavy atom. The lowest BCUT2D eigenvalue weighted by atomic mass is 9.90. The van der Waals surface area contributed by atoms with E-state index in [4.69, 9.17) is 11.6 Å². The minimum Gasteiger partial charge on any atom is -0.298 e. The van der Waals surface area contributed by atoms with Gasteiger partial charge in [-0.3, -0.25) is 9.69 Å². The van der Waals surface area contributed by atoms with E-state index in [0.29, 0.717) is 10.6 Å². The highest BCUT2D eigenvalue weighted by molar-refractivity contribution is 7.98. The lowest BCUT2D eigenvalue weighted by Crippen LogP contribution is -2.38. The number of halogens is 1. The van der Waals surface area contributed by atoms with Gasteiger partial charge in [0.05, 0.1) is 0 Å². The van der Waals surface area contributed by atoms with Gasteiger partial charge in [-0.1, -0.05) is 35.5 Å². The number of Topliss-reactive ketones (excluding diaryl/α,β-unsaturated/α-hetero) is 1. The number of thioether (sulfide) groups is 1. The number of likely N-dealkylation sites (tertiary alicyclic amines) is 1. The average Bonchev–Trinajstić information content (AvgIpc) is 2.62. The van der Waals surface area contributed by atoms with Crippen molar-refractivity contribution in [2.45, 2.75) is 24.5 Å². The molecule has 1 aromatic heterocycles. The Balaban J connectivity index is 1.64. The van der Waals surface area contributed by atoms with Crippen molar-refractivity contribution in [3.63, 3.8) is 0 Å². The van der Waals surface area contributed by atoms with Gasteiger partial charge in [0.25, 0.3) is 0 Å². The minimum atomic E-state index is 0.0311. The van der Waals surface area contributed by atoms with E-state index in [1.807, 2.05) is 30.8 Å². The molecule has 1 atom stereocenters. The first-order valence-corrected chi connectivity index (χ1v) is 9.63. The summed E-state index contributed by atoms with van der Waals surface area (Å²) >= 11 is 7.55. The third kappa shape index (κ3) is 4.35. The van der Waals surface area contributed by atoms with Crippen LogP contribution in [-0.4, -0.2) is 40.0 Å². The van der Waals surface area contributed by atoms with Crippen molar-refractivity contribution in [1.82, 2.24) is 14.9 Å². The van der Waals surface area contributed by atoms with E-state index in [0.717, 1.165) is 43.2 Å². The van der Waals surface area contributed by atoms with Crippen LogP contribution in [0.25, 0.3) is 0 Å². The maximum atomic E-state index is 12.7. The molecule has 0 N–H and O–H groups in total. The highest BCUT2D eigenvalue weighted by atomic mass is 35.5. The van der Waals surface area contributed by atoms with Crippen molar-refractivity contribution >= 4 is 29.1 Å². The predicted molar refractivity (Wildman–Crippen MR) is 97.6 cm³/mol. The van der Waals surface area contributed by atoms with Crippen LogP contribution in [0.2, 0.25) is 5.02 Å². The van der Waals surface area contributed by atoms with Crippen molar-refractivity contribution in [3.05, 3.63) is 52.8 Å². The second-order valence-electron chi connectivity index (χ2n) is 6.03. The molecule has 0 unspecified atom stereocenters. The lowest BCUT2D eigenvalue weighted by Gasteiger charge is -2.31. The molecule has 4 nitrogen and oxygen atoms in total. The van der Waals surface area contributed by atoms with Crippen LogP contribution in [0.15, 0.2) is 41.8 Å². The number of aromatic nitrogens is 2. The van der Waals surface area contributed by atoms with Gasteiger partial charge in [-0.15, -0.1) is 0 Å². The number of piperidine rings is 1. The van der Waals surface area contributed by atoms with Crippen LogP contribution in [0.1, 0.15) is 28.8 Å². The first kappa shape index (κ1) is 17.4. The smallest absolute Gasteiger partial charge is 0.187 e. The van der Waals surface area contributed by atoms with E-state index >= 15 is 0 Å². The van der Waals surface area contributed by atoms with E-state index in [1.165, 1.54) is 11.8 Å². The van der Waals surface area contributed by atoms with Crippen LogP contribution in [0.5, 0.6) is 0 Å². The largest absolute Gasteiger partial charge is 0.298 e. The molecule has 1 aliphatic rings. The number of rotatable bonds is 5.